The summed E-state index contributed by atoms with van der Waals surface area (Å²) in [5.74, 6) is 0.956. The van der Waals surface area contributed by atoms with Crippen LogP contribution in [0.4, 0.5) is 5.69 Å². The highest BCUT2D eigenvalue weighted by molar-refractivity contribution is 8.00. The fourth-order valence-electron chi connectivity index (χ4n) is 4.47. The molecule has 1 N–H and O–H groups in total. The molecule has 1 amide bonds. The monoisotopic (exact) mass is 553 g/mol. The summed E-state index contributed by atoms with van der Waals surface area (Å²) in [7, 11) is 1.64. The molecule has 7 nitrogen and oxygen atoms in total. The van der Waals surface area contributed by atoms with E-state index < -0.39 is 0 Å². The second kappa shape index (κ2) is 11.2. The minimum Gasteiger partial charge on any atom is -0.497 e. The molecule has 0 radical (unpaired) electrons. The van der Waals surface area contributed by atoms with Crippen molar-refractivity contribution in [2.75, 3.05) is 24.8 Å². The van der Waals surface area contributed by atoms with Crippen LogP contribution in [0.2, 0.25) is 0 Å². The van der Waals surface area contributed by atoms with Crippen LogP contribution in [0.1, 0.15) is 40.4 Å². The van der Waals surface area contributed by atoms with E-state index in [0.29, 0.717) is 23.1 Å². The minimum atomic E-state index is -0.377. The maximum absolute atomic E-state index is 13.1. The largest absolute Gasteiger partial charge is 0.497 e. The molecule has 3 heterocycles. The number of nitrogens with one attached hydrogen (secondary N) is 1. The van der Waals surface area contributed by atoms with Gasteiger partial charge in [0.2, 0.25) is 5.91 Å². The summed E-state index contributed by atoms with van der Waals surface area (Å²) in [5.41, 5.74) is 3.76. The number of carbonyl (C=O) groups is 2. The summed E-state index contributed by atoms with van der Waals surface area (Å²) < 4.78 is 10.6. The SMILES string of the molecule is CCOC(=O)c1sc2c(c1NC(=O)CSc1ncnc3scc(-c4ccc(OC)cc4)c13)CCC(C)C2. The van der Waals surface area contributed by atoms with Crippen molar-refractivity contribution in [1.29, 1.82) is 0 Å². The number of methoxy groups -OCH3 is 1. The lowest BCUT2D eigenvalue weighted by molar-refractivity contribution is -0.113. The predicted molar refractivity (Wildman–Crippen MR) is 150 cm³/mol. The molecule has 1 aliphatic carbocycles. The quantitative estimate of drug-likeness (QED) is 0.152. The molecule has 1 atom stereocenters. The average molecular weight is 554 g/mol. The normalized spacial score (nSPS) is 14.8. The van der Waals surface area contributed by atoms with Crippen LogP contribution in [-0.4, -0.2) is 41.3 Å². The van der Waals surface area contributed by atoms with Crippen LogP contribution in [0.3, 0.4) is 0 Å². The molecule has 1 aliphatic rings. The van der Waals surface area contributed by atoms with E-state index in [2.05, 4.69) is 27.6 Å². The molecule has 3 aromatic heterocycles. The van der Waals surface area contributed by atoms with Crippen LogP contribution in [0, 0.1) is 5.92 Å². The van der Waals surface area contributed by atoms with Gasteiger partial charge in [-0.1, -0.05) is 30.8 Å². The summed E-state index contributed by atoms with van der Waals surface area (Å²) in [6.45, 7) is 4.30. The third-order valence-corrected chi connectivity index (χ3v) is 9.42. The number of ether oxygens (including phenoxy) is 2. The Balaban J connectivity index is 1.37. The molecule has 37 heavy (non-hydrogen) atoms. The molecule has 1 aromatic carbocycles. The molecule has 192 valence electrons. The van der Waals surface area contributed by atoms with Crippen LogP contribution in [0.15, 0.2) is 41.0 Å². The molecule has 0 spiro atoms. The van der Waals surface area contributed by atoms with Gasteiger partial charge < -0.3 is 14.8 Å². The zero-order valence-electron chi connectivity index (χ0n) is 20.8. The molecular formula is C27H27N3O4S3. The fourth-order valence-corrected chi connectivity index (χ4v) is 7.63. The first-order valence-electron chi connectivity index (χ1n) is 12.1. The van der Waals surface area contributed by atoms with Crippen molar-refractivity contribution in [3.63, 3.8) is 0 Å². The Hall–Kier alpha value is -2.95. The Kier molecular flexibility index (Phi) is 7.78. The third kappa shape index (κ3) is 5.37. The van der Waals surface area contributed by atoms with Crippen molar-refractivity contribution in [2.24, 2.45) is 5.92 Å². The van der Waals surface area contributed by atoms with Crippen molar-refractivity contribution >= 4 is 62.2 Å². The second-order valence-electron chi connectivity index (χ2n) is 8.85. The van der Waals surface area contributed by atoms with Gasteiger partial charge in [-0.05, 0) is 55.4 Å². The maximum Gasteiger partial charge on any atom is 0.350 e. The number of hydrogen-bond acceptors (Lipinski definition) is 9. The fraction of sp³-hybridized carbons (Fsp3) is 0.333. The first-order chi connectivity index (χ1) is 18.0. The summed E-state index contributed by atoms with van der Waals surface area (Å²) in [4.78, 5) is 37.3. The lowest BCUT2D eigenvalue weighted by atomic mass is 9.89. The highest BCUT2D eigenvalue weighted by atomic mass is 32.2. The Labute approximate surface area is 227 Å². The number of amides is 1. The van der Waals surface area contributed by atoms with Gasteiger partial charge in [-0.25, -0.2) is 14.8 Å². The van der Waals surface area contributed by atoms with Gasteiger partial charge in [-0.15, -0.1) is 22.7 Å². The second-order valence-corrected chi connectivity index (χ2v) is 11.8. The molecular weight excluding hydrogens is 527 g/mol. The van der Waals surface area contributed by atoms with E-state index in [1.165, 1.54) is 34.3 Å². The summed E-state index contributed by atoms with van der Waals surface area (Å²) in [6, 6.07) is 7.86. The van der Waals surface area contributed by atoms with Crippen LogP contribution < -0.4 is 10.1 Å². The molecule has 0 aliphatic heterocycles. The van der Waals surface area contributed by atoms with Gasteiger partial charge in [-0.2, -0.15) is 0 Å². The highest BCUT2D eigenvalue weighted by Gasteiger charge is 2.28. The van der Waals surface area contributed by atoms with Gasteiger partial charge in [0.1, 0.15) is 26.8 Å². The number of aromatic nitrogens is 2. The number of nitrogens with zero attached hydrogens (tertiary/aromatic N) is 2. The number of thiophene rings is 2. The van der Waals surface area contributed by atoms with E-state index in [1.807, 2.05) is 24.3 Å². The topological polar surface area (TPSA) is 90.4 Å². The highest BCUT2D eigenvalue weighted by Crippen LogP contribution is 2.41. The third-order valence-electron chi connectivity index (χ3n) is 6.31. The summed E-state index contributed by atoms with van der Waals surface area (Å²) >= 11 is 4.37. The van der Waals surface area contributed by atoms with Crippen LogP contribution in [-0.2, 0) is 22.4 Å². The molecule has 5 rings (SSSR count). The molecule has 10 heteroatoms. The number of thioether (sulfide) groups is 1. The molecule has 0 saturated heterocycles. The van der Waals surface area contributed by atoms with Gasteiger partial charge in [0.15, 0.2) is 0 Å². The zero-order valence-corrected chi connectivity index (χ0v) is 23.3. The predicted octanol–water partition coefficient (Wildman–Crippen LogP) is 6.46. The molecule has 0 saturated carbocycles. The van der Waals surface area contributed by atoms with Crippen molar-refractivity contribution in [3.8, 4) is 16.9 Å². The molecule has 0 bridgehead atoms. The standard InChI is InChI=1S/C27H27N3O4S3/c1-4-34-27(32)24-23(18-10-5-15(2)11-20(18)37-24)30-21(31)13-36-26-22-19(12-35-25(22)28-14-29-26)16-6-8-17(33-3)9-7-16/h6-9,12,14-15H,4-5,10-11,13H2,1-3H3,(H,30,31). The van der Waals surface area contributed by atoms with Gasteiger partial charge in [-0.3, -0.25) is 4.79 Å². The lowest BCUT2D eigenvalue weighted by Crippen LogP contribution is -2.18. The van der Waals surface area contributed by atoms with E-state index >= 15 is 0 Å². The smallest absolute Gasteiger partial charge is 0.350 e. The van der Waals surface area contributed by atoms with Crippen molar-refractivity contribution in [1.82, 2.24) is 9.97 Å². The Morgan fingerprint density at radius 1 is 1.22 bits per heavy atom. The molecule has 0 fully saturated rings. The van der Waals surface area contributed by atoms with Gasteiger partial charge in [0.25, 0.3) is 0 Å². The summed E-state index contributed by atoms with van der Waals surface area (Å²) in [5, 5.41) is 6.79. The van der Waals surface area contributed by atoms with Gasteiger partial charge in [0, 0.05) is 15.8 Å². The summed E-state index contributed by atoms with van der Waals surface area (Å²) in [6.07, 6.45) is 4.34. The number of hydrogen-bond donors (Lipinski definition) is 1. The number of carbonyl (C=O) groups excluding carboxylic acids is 2. The maximum atomic E-state index is 13.1. The van der Waals surface area contributed by atoms with Crippen molar-refractivity contribution in [2.45, 2.75) is 38.1 Å². The Morgan fingerprint density at radius 3 is 2.78 bits per heavy atom. The Morgan fingerprint density at radius 2 is 2.03 bits per heavy atom. The number of benzene rings is 1. The van der Waals surface area contributed by atoms with E-state index in [9.17, 15) is 9.59 Å². The van der Waals surface area contributed by atoms with Crippen LogP contribution in [0.5, 0.6) is 5.75 Å². The van der Waals surface area contributed by atoms with Crippen molar-refractivity contribution in [3.05, 3.63) is 51.3 Å². The average Bonchev–Trinajstić information content (AvgIpc) is 3.49. The minimum absolute atomic E-state index is 0.160. The van der Waals surface area contributed by atoms with E-state index in [-0.39, 0.29) is 17.6 Å². The Bertz CT molecular complexity index is 1450. The van der Waals surface area contributed by atoms with Crippen LogP contribution in [0.25, 0.3) is 21.3 Å². The number of rotatable bonds is 8. The molecule has 1 unspecified atom stereocenters. The lowest BCUT2D eigenvalue weighted by Gasteiger charge is -2.19. The molecule has 4 aromatic rings. The van der Waals surface area contributed by atoms with Gasteiger partial charge in [0.05, 0.1) is 30.5 Å². The van der Waals surface area contributed by atoms with Crippen LogP contribution >= 0.6 is 34.4 Å². The number of anilines is 1. The number of esters is 1. The van der Waals surface area contributed by atoms with E-state index in [0.717, 1.165) is 56.9 Å². The zero-order chi connectivity index (χ0) is 25.9. The van der Waals surface area contributed by atoms with Gasteiger partial charge >= 0.3 is 5.97 Å². The first-order valence-corrected chi connectivity index (χ1v) is 14.8. The first kappa shape index (κ1) is 25.7. The number of fused-ring (bicyclic) bond motifs is 2. The van der Waals surface area contributed by atoms with E-state index in [4.69, 9.17) is 9.47 Å². The van der Waals surface area contributed by atoms with Crippen molar-refractivity contribution < 1.29 is 19.1 Å². The van der Waals surface area contributed by atoms with E-state index in [1.54, 1.807) is 25.4 Å².